The number of amides is 1. The first kappa shape index (κ1) is 19.9. The third-order valence-corrected chi connectivity index (χ3v) is 4.18. The lowest BCUT2D eigenvalue weighted by Crippen LogP contribution is -2.29. The van der Waals surface area contributed by atoms with Crippen LogP contribution in [0, 0.1) is 0 Å². The minimum absolute atomic E-state index is 0.130. The van der Waals surface area contributed by atoms with Crippen molar-refractivity contribution < 1.29 is 9.53 Å². The van der Waals surface area contributed by atoms with Crippen LogP contribution in [0.3, 0.4) is 0 Å². The van der Waals surface area contributed by atoms with Crippen LogP contribution < -0.4 is 5.32 Å². The van der Waals surface area contributed by atoms with Crippen LogP contribution >= 0.6 is 0 Å². The van der Waals surface area contributed by atoms with Gasteiger partial charge >= 0.3 is 0 Å². The molecule has 1 unspecified atom stereocenters. The normalized spacial score (nSPS) is 12.6. The van der Waals surface area contributed by atoms with Crippen molar-refractivity contribution in [3.05, 3.63) is 60.3 Å². The molecule has 1 N–H and O–H groups in total. The lowest BCUT2D eigenvalue weighted by atomic mass is 9.87. The van der Waals surface area contributed by atoms with Gasteiger partial charge in [-0.2, -0.15) is 5.10 Å². The Morgan fingerprint density at radius 3 is 2.62 bits per heavy atom. The summed E-state index contributed by atoms with van der Waals surface area (Å²) in [6.07, 6.45) is 3.65. The van der Waals surface area contributed by atoms with E-state index in [1.807, 2.05) is 0 Å². The summed E-state index contributed by atoms with van der Waals surface area (Å²) in [6.45, 7) is 13.0. The van der Waals surface area contributed by atoms with E-state index in [2.05, 4.69) is 62.0 Å². The maximum atomic E-state index is 12.3. The van der Waals surface area contributed by atoms with Crippen LogP contribution in [0.2, 0.25) is 0 Å². The van der Waals surface area contributed by atoms with Crippen molar-refractivity contribution in [3.63, 3.8) is 0 Å². The Kier molecular flexibility index (Phi) is 6.75. The van der Waals surface area contributed by atoms with Gasteiger partial charge in [-0.1, -0.05) is 51.1 Å². The second kappa shape index (κ2) is 8.81. The molecule has 5 nitrogen and oxygen atoms in total. The summed E-state index contributed by atoms with van der Waals surface area (Å²) in [4.78, 5) is 12.3. The fourth-order valence-corrected chi connectivity index (χ4v) is 2.48. The molecule has 0 saturated heterocycles. The summed E-state index contributed by atoms with van der Waals surface area (Å²) < 4.78 is 7.26. The molecule has 1 aromatic heterocycles. The average molecular weight is 355 g/mol. The first-order chi connectivity index (χ1) is 12.3. The second-order valence-corrected chi connectivity index (χ2v) is 7.40. The first-order valence-corrected chi connectivity index (χ1v) is 8.96. The number of ether oxygens (including phenoxy) is 1. The molecule has 1 atom stereocenters. The summed E-state index contributed by atoms with van der Waals surface area (Å²) in [5, 5.41) is 7.20. The minimum atomic E-state index is -0.524. The van der Waals surface area contributed by atoms with Gasteiger partial charge in [0.05, 0.1) is 19.3 Å². The lowest BCUT2D eigenvalue weighted by Gasteiger charge is -2.19. The predicted molar refractivity (Wildman–Crippen MR) is 105 cm³/mol. The monoisotopic (exact) mass is 355 g/mol. The highest BCUT2D eigenvalue weighted by Gasteiger charge is 2.16. The highest BCUT2D eigenvalue weighted by molar-refractivity contribution is 5.93. The van der Waals surface area contributed by atoms with E-state index in [0.717, 1.165) is 12.0 Å². The van der Waals surface area contributed by atoms with Gasteiger partial charge in [-0.15, -0.1) is 6.58 Å². The van der Waals surface area contributed by atoms with Crippen molar-refractivity contribution >= 4 is 11.7 Å². The average Bonchev–Trinajstić information content (AvgIpc) is 3.01. The van der Waals surface area contributed by atoms with Crippen LogP contribution in [0.5, 0.6) is 0 Å². The van der Waals surface area contributed by atoms with E-state index in [-0.39, 0.29) is 11.3 Å². The van der Waals surface area contributed by atoms with Crippen LogP contribution in [0.15, 0.2) is 49.2 Å². The third kappa shape index (κ3) is 5.56. The molecule has 140 valence electrons. The number of carbonyl (C=O) groups is 1. The maximum Gasteiger partial charge on any atom is 0.254 e. The van der Waals surface area contributed by atoms with E-state index < -0.39 is 6.10 Å². The Labute approximate surface area is 156 Å². The minimum Gasteiger partial charge on any atom is -0.368 e. The summed E-state index contributed by atoms with van der Waals surface area (Å²) in [7, 11) is 0. The Morgan fingerprint density at radius 2 is 2.00 bits per heavy atom. The number of carbonyl (C=O) groups excluding carboxylic acids is 1. The first-order valence-electron chi connectivity index (χ1n) is 8.96. The van der Waals surface area contributed by atoms with Crippen LogP contribution in [-0.2, 0) is 21.5 Å². The molecule has 1 amide bonds. The summed E-state index contributed by atoms with van der Waals surface area (Å²) >= 11 is 0. The van der Waals surface area contributed by atoms with E-state index in [4.69, 9.17) is 4.74 Å². The molecule has 2 rings (SSSR count). The molecule has 0 saturated carbocycles. The van der Waals surface area contributed by atoms with Gasteiger partial charge in [-0.05, 0) is 29.9 Å². The van der Waals surface area contributed by atoms with Gasteiger partial charge in [0.1, 0.15) is 11.9 Å². The highest BCUT2D eigenvalue weighted by atomic mass is 16.5. The molecule has 1 heterocycles. The van der Waals surface area contributed by atoms with Gasteiger partial charge in [0.25, 0.3) is 5.91 Å². The SMILES string of the molecule is C=CCCOC(C)C(=O)Nc1ccnn1Cc1ccc(C(C)(C)C)cc1. The number of hydrogen-bond acceptors (Lipinski definition) is 3. The smallest absolute Gasteiger partial charge is 0.254 e. The molecule has 0 fully saturated rings. The number of anilines is 1. The van der Waals surface area contributed by atoms with Crippen LogP contribution in [0.1, 0.15) is 45.2 Å². The van der Waals surface area contributed by atoms with Crippen molar-refractivity contribution in [2.45, 2.75) is 52.2 Å². The van der Waals surface area contributed by atoms with Gasteiger partial charge in [-0.3, -0.25) is 4.79 Å². The van der Waals surface area contributed by atoms with E-state index in [0.29, 0.717) is 19.0 Å². The molecule has 2 aromatic rings. The lowest BCUT2D eigenvalue weighted by molar-refractivity contribution is -0.126. The molecule has 0 aliphatic heterocycles. The van der Waals surface area contributed by atoms with Crippen molar-refractivity contribution in [1.29, 1.82) is 0 Å². The summed E-state index contributed by atoms with van der Waals surface area (Å²) in [5.41, 5.74) is 2.55. The molecule has 0 aliphatic carbocycles. The zero-order valence-electron chi connectivity index (χ0n) is 16.2. The maximum absolute atomic E-state index is 12.3. The van der Waals surface area contributed by atoms with Crippen molar-refractivity contribution in [2.24, 2.45) is 0 Å². The fraction of sp³-hybridized carbons (Fsp3) is 0.429. The van der Waals surface area contributed by atoms with Gasteiger partial charge in [-0.25, -0.2) is 4.68 Å². The zero-order chi connectivity index (χ0) is 19.2. The van der Waals surface area contributed by atoms with Crippen LogP contribution in [0.25, 0.3) is 0 Å². The molecule has 26 heavy (non-hydrogen) atoms. The van der Waals surface area contributed by atoms with E-state index in [9.17, 15) is 4.79 Å². The standard InChI is InChI=1S/C21H29N3O2/c1-6-7-14-26-16(2)20(25)23-19-12-13-22-24(19)15-17-8-10-18(11-9-17)21(3,4)5/h6,8-13,16H,1,7,14-15H2,2-5H3,(H,23,25). The van der Waals surface area contributed by atoms with E-state index in [1.54, 1.807) is 29.9 Å². The Bertz CT molecular complexity index is 726. The van der Waals surface area contributed by atoms with Crippen molar-refractivity contribution in [1.82, 2.24) is 9.78 Å². The van der Waals surface area contributed by atoms with Crippen LogP contribution in [-0.4, -0.2) is 28.4 Å². The van der Waals surface area contributed by atoms with Crippen molar-refractivity contribution in [2.75, 3.05) is 11.9 Å². The van der Waals surface area contributed by atoms with Gasteiger partial charge in [0.15, 0.2) is 0 Å². The number of nitrogens with zero attached hydrogens (tertiary/aromatic N) is 2. The Morgan fingerprint density at radius 1 is 1.31 bits per heavy atom. The predicted octanol–water partition coefficient (Wildman–Crippen LogP) is 4.15. The number of aromatic nitrogens is 2. The molecular weight excluding hydrogens is 326 g/mol. The fourth-order valence-electron chi connectivity index (χ4n) is 2.48. The Balaban J connectivity index is 1.99. The number of rotatable bonds is 8. The quantitative estimate of drug-likeness (QED) is 0.572. The molecule has 0 spiro atoms. The second-order valence-electron chi connectivity index (χ2n) is 7.40. The van der Waals surface area contributed by atoms with Gasteiger partial charge in [0, 0.05) is 6.07 Å². The number of hydrogen-bond donors (Lipinski definition) is 1. The number of nitrogens with one attached hydrogen (secondary N) is 1. The Hall–Kier alpha value is -2.40. The molecule has 0 bridgehead atoms. The van der Waals surface area contributed by atoms with E-state index >= 15 is 0 Å². The summed E-state index contributed by atoms with van der Waals surface area (Å²) in [5.74, 6) is 0.480. The molecule has 1 aromatic carbocycles. The topological polar surface area (TPSA) is 56.1 Å². The molecule has 0 aliphatic rings. The summed E-state index contributed by atoms with van der Waals surface area (Å²) in [6, 6.07) is 10.3. The third-order valence-electron chi connectivity index (χ3n) is 4.18. The molecule has 0 radical (unpaired) electrons. The van der Waals surface area contributed by atoms with Crippen LogP contribution in [0.4, 0.5) is 5.82 Å². The van der Waals surface area contributed by atoms with Crippen molar-refractivity contribution in [3.8, 4) is 0 Å². The van der Waals surface area contributed by atoms with E-state index in [1.165, 1.54) is 5.56 Å². The van der Waals surface area contributed by atoms with Gasteiger partial charge in [0.2, 0.25) is 0 Å². The zero-order valence-corrected chi connectivity index (χ0v) is 16.2. The van der Waals surface area contributed by atoms with Gasteiger partial charge < -0.3 is 10.1 Å². The molecule has 5 heteroatoms. The largest absolute Gasteiger partial charge is 0.368 e. The number of benzene rings is 1. The highest BCUT2D eigenvalue weighted by Crippen LogP contribution is 2.22. The molecular formula is C21H29N3O2.